The van der Waals surface area contributed by atoms with E-state index in [0.717, 1.165) is 68.5 Å². The summed E-state index contributed by atoms with van der Waals surface area (Å²) in [6, 6.07) is 7.02. The first-order valence-electron chi connectivity index (χ1n) is 10.4. The Balaban J connectivity index is 1.32. The van der Waals surface area contributed by atoms with Crippen LogP contribution in [0.2, 0.25) is 5.02 Å². The molecule has 8 nitrogen and oxygen atoms in total. The average molecular weight is 442 g/mol. The van der Waals surface area contributed by atoms with Crippen molar-refractivity contribution in [3.05, 3.63) is 52.3 Å². The molecule has 0 saturated carbocycles. The van der Waals surface area contributed by atoms with Gasteiger partial charge in [-0.2, -0.15) is 5.10 Å². The summed E-state index contributed by atoms with van der Waals surface area (Å²) < 4.78 is 5.41. The fourth-order valence-corrected chi connectivity index (χ4v) is 4.36. The molecular weight excluding hydrogens is 418 g/mol. The summed E-state index contributed by atoms with van der Waals surface area (Å²) in [5, 5.41) is 27.7. The van der Waals surface area contributed by atoms with E-state index in [1.807, 2.05) is 6.20 Å². The van der Waals surface area contributed by atoms with Gasteiger partial charge in [-0.25, -0.2) is 4.98 Å². The lowest BCUT2D eigenvalue weighted by molar-refractivity contribution is 0.122. The Labute approximate surface area is 185 Å². The van der Waals surface area contributed by atoms with Crippen LogP contribution in [0.5, 0.6) is 11.5 Å². The second kappa shape index (κ2) is 8.37. The largest absolute Gasteiger partial charge is 0.507 e. The highest BCUT2D eigenvalue weighted by atomic mass is 35.5. The number of aromatic nitrogens is 3. The van der Waals surface area contributed by atoms with Gasteiger partial charge in [0.2, 0.25) is 0 Å². The predicted octanol–water partition coefficient (Wildman–Crippen LogP) is 2.93. The normalized spacial score (nSPS) is 17.0. The van der Waals surface area contributed by atoms with E-state index < -0.39 is 0 Å². The third kappa shape index (κ3) is 4.06. The van der Waals surface area contributed by atoms with Crippen LogP contribution in [-0.2, 0) is 24.2 Å². The number of hydrogen-bond donors (Lipinski definition) is 3. The van der Waals surface area contributed by atoms with Crippen molar-refractivity contribution in [1.82, 2.24) is 20.1 Å². The van der Waals surface area contributed by atoms with Gasteiger partial charge in [0.25, 0.3) is 0 Å². The molecule has 31 heavy (non-hydrogen) atoms. The quantitative estimate of drug-likeness (QED) is 0.572. The number of fused-ring (bicyclic) bond motifs is 1. The number of morpholine rings is 1. The number of hydrogen-bond acceptors (Lipinski definition) is 7. The number of ether oxygens (including phenoxy) is 1. The fourth-order valence-electron chi connectivity index (χ4n) is 4.20. The number of halogens is 1. The zero-order valence-electron chi connectivity index (χ0n) is 17.0. The minimum atomic E-state index is -0.151. The van der Waals surface area contributed by atoms with Crippen molar-refractivity contribution in [3.8, 4) is 22.8 Å². The zero-order valence-corrected chi connectivity index (χ0v) is 17.8. The summed E-state index contributed by atoms with van der Waals surface area (Å²) in [7, 11) is 0. The molecular formula is C22H24ClN5O3. The van der Waals surface area contributed by atoms with Crippen molar-refractivity contribution in [2.45, 2.75) is 19.5 Å². The van der Waals surface area contributed by atoms with Crippen LogP contribution in [0.15, 0.2) is 30.5 Å². The molecule has 3 aromatic rings. The van der Waals surface area contributed by atoms with Crippen LogP contribution in [0.3, 0.4) is 0 Å². The van der Waals surface area contributed by atoms with E-state index in [0.29, 0.717) is 17.8 Å². The maximum Gasteiger partial charge on any atom is 0.137 e. The molecule has 0 unspecified atom stereocenters. The molecule has 0 atom stereocenters. The van der Waals surface area contributed by atoms with E-state index in [1.165, 1.54) is 6.07 Å². The van der Waals surface area contributed by atoms with Gasteiger partial charge >= 0.3 is 0 Å². The lowest BCUT2D eigenvalue weighted by Gasteiger charge is -2.29. The standard InChI is InChI=1S/C22H24ClN5O3/c23-17-9-15(19(29)10-20(17)30)22-16-13-27(4-3-18(16)25-26-22)12-14-1-2-21(24-11-14)28-5-7-31-8-6-28/h1-2,9-11,29-30H,3-8,12-13H2,(H,25,26). The van der Waals surface area contributed by atoms with E-state index in [9.17, 15) is 10.2 Å². The van der Waals surface area contributed by atoms with Crippen molar-refractivity contribution in [2.75, 3.05) is 37.7 Å². The van der Waals surface area contributed by atoms with Gasteiger partial charge in [-0.3, -0.25) is 10.00 Å². The Morgan fingerprint density at radius 2 is 1.94 bits per heavy atom. The van der Waals surface area contributed by atoms with Crippen molar-refractivity contribution in [2.24, 2.45) is 0 Å². The second-order valence-electron chi connectivity index (χ2n) is 7.93. The zero-order chi connectivity index (χ0) is 21.4. The third-order valence-corrected chi connectivity index (χ3v) is 6.19. The van der Waals surface area contributed by atoms with Crippen LogP contribution in [0.4, 0.5) is 5.82 Å². The summed E-state index contributed by atoms with van der Waals surface area (Å²) in [5.41, 5.74) is 4.44. The highest BCUT2D eigenvalue weighted by molar-refractivity contribution is 6.32. The average Bonchev–Trinajstić information content (AvgIpc) is 3.20. The molecule has 162 valence electrons. The maximum atomic E-state index is 10.3. The second-order valence-corrected chi connectivity index (χ2v) is 8.34. The van der Waals surface area contributed by atoms with Gasteiger partial charge < -0.3 is 19.8 Å². The molecule has 0 spiro atoms. The van der Waals surface area contributed by atoms with Crippen LogP contribution >= 0.6 is 11.6 Å². The summed E-state index contributed by atoms with van der Waals surface area (Å²) in [5.74, 6) is 0.794. The minimum absolute atomic E-state index is 0.0452. The molecule has 2 aliphatic heterocycles. The molecule has 0 radical (unpaired) electrons. The van der Waals surface area contributed by atoms with E-state index in [4.69, 9.17) is 16.3 Å². The van der Waals surface area contributed by atoms with Crippen molar-refractivity contribution >= 4 is 17.4 Å². The van der Waals surface area contributed by atoms with Crippen molar-refractivity contribution in [1.29, 1.82) is 0 Å². The van der Waals surface area contributed by atoms with E-state index in [2.05, 4.69) is 37.1 Å². The number of phenols is 2. The molecule has 5 rings (SSSR count). The molecule has 3 N–H and O–H groups in total. The number of aromatic amines is 1. The van der Waals surface area contributed by atoms with Gasteiger partial charge in [0.05, 0.1) is 18.2 Å². The van der Waals surface area contributed by atoms with Gasteiger partial charge in [0.1, 0.15) is 23.0 Å². The molecule has 2 aromatic heterocycles. The van der Waals surface area contributed by atoms with Crippen LogP contribution in [0, 0.1) is 0 Å². The first kappa shape index (κ1) is 20.1. The van der Waals surface area contributed by atoms with Gasteiger partial charge in [-0.15, -0.1) is 0 Å². The van der Waals surface area contributed by atoms with Gasteiger partial charge in [-0.05, 0) is 17.7 Å². The fraction of sp³-hybridized carbons (Fsp3) is 0.364. The molecule has 9 heteroatoms. The predicted molar refractivity (Wildman–Crippen MR) is 117 cm³/mol. The highest BCUT2D eigenvalue weighted by Gasteiger charge is 2.25. The monoisotopic (exact) mass is 441 g/mol. The number of aromatic hydroxyl groups is 2. The lowest BCUT2D eigenvalue weighted by atomic mass is 10.00. The number of phenolic OH excluding ortho intramolecular Hbond substituents is 2. The van der Waals surface area contributed by atoms with E-state index in [1.54, 1.807) is 6.07 Å². The number of nitrogens with one attached hydrogen (secondary N) is 1. The summed E-state index contributed by atoms with van der Waals surface area (Å²) in [6.07, 6.45) is 2.79. The molecule has 1 fully saturated rings. The summed E-state index contributed by atoms with van der Waals surface area (Å²) >= 11 is 6.06. The van der Waals surface area contributed by atoms with E-state index in [-0.39, 0.29) is 16.5 Å². The summed E-state index contributed by atoms with van der Waals surface area (Å²) in [4.78, 5) is 9.23. The molecule has 2 aliphatic rings. The smallest absolute Gasteiger partial charge is 0.137 e. The minimum Gasteiger partial charge on any atom is -0.507 e. The Bertz CT molecular complexity index is 1080. The van der Waals surface area contributed by atoms with Crippen molar-refractivity contribution < 1.29 is 14.9 Å². The third-order valence-electron chi connectivity index (χ3n) is 5.88. The topological polar surface area (TPSA) is 97.7 Å². The van der Waals surface area contributed by atoms with Crippen LogP contribution in [0.25, 0.3) is 11.3 Å². The van der Waals surface area contributed by atoms with Gasteiger partial charge in [0.15, 0.2) is 0 Å². The Morgan fingerprint density at radius 1 is 1.10 bits per heavy atom. The number of nitrogens with zero attached hydrogens (tertiary/aromatic N) is 4. The molecule has 1 saturated heterocycles. The number of pyridine rings is 1. The SMILES string of the molecule is Oc1cc(O)c(-c2n[nH]c3c2CN(Cc2ccc(N4CCOCC4)nc2)CC3)cc1Cl. The van der Waals surface area contributed by atoms with Crippen LogP contribution < -0.4 is 4.90 Å². The number of H-pyrrole nitrogens is 1. The molecule has 4 heterocycles. The van der Waals surface area contributed by atoms with E-state index >= 15 is 0 Å². The summed E-state index contributed by atoms with van der Waals surface area (Å²) in [6.45, 7) is 5.62. The highest BCUT2D eigenvalue weighted by Crippen LogP contribution is 2.39. The first-order chi connectivity index (χ1) is 15.1. The molecule has 0 bridgehead atoms. The van der Waals surface area contributed by atoms with Gasteiger partial charge in [-0.1, -0.05) is 17.7 Å². The first-order valence-corrected chi connectivity index (χ1v) is 10.7. The van der Waals surface area contributed by atoms with Crippen molar-refractivity contribution in [3.63, 3.8) is 0 Å². The number of benzene rings is 1. The molecule has 1 aromatic carbocycles. The van der Waals surface area contributed by atoms with Crippen LogP contribution in [0.1, 0.15) is 16.8 Å². The Hall–Kier alpha value is -2.81. The maximum absolute atomic E-state index is 10.3. The number of anilines is 1. The lowest BCUT2D eigenvalue weighted by Crippen LogP contribution is -2.36. The van der Waals surface area contributed by atoms with Crippen LogP contribution in [-0.4, -0.2) is 63.1 Å². The number of rotatable bonds is 4. The van der Waals surface area contributed by atoms with Gasteiger partial charge in [0, 0.05) is 68.2 Å². The molecule has 0 aliphatic carbocycles. The Kier molecular flexibility index (Phi) is 5.43. The Morgan fingerprint density at radius 3 is 2.71 bits per heavy atom. The molecule has 0 amide bonds.